The molecule has 0 fully saturated rings. The molecule has 0 radical (unpaired) electrons. The molecular weight excluding hydrogens is 464 g/mol. The van der Waals surface area contributed by atoms with E-state index in [1.165, 1.54) is 33.5 Å². The number of amides is 2. The molecule has 3 aromatic rings. The van der Waals surface area contributed by atoms with Crippen molar-refractivity contribution in [2.24, 2.45) is 0 Å². The van der Waals surface area contributed by atoms with Crippen LogP contribution in [0.5, 0.6) is 0 Å². The van der Waals surface area contributed by atoms with E-state index in [-0.39, 0.29) is 18.9 Å². The first kappa shape index (κ1) is 22.8. The third-order valence-electron chi connectivity index (χ3n) is 4.75. The second kappa shape index (κ2) is 9.08. The van der Waals surface area contributed by atoms with E-state index < -0.39 is 20.9 Å². The molecule has 2 unspecified atom stereocenters. The first-order chi connectivity index (χ1) is 14.2. The van der Waals surface area contributed by atoms with Gasteiger partial charge in [-0.25, -0.2) is 5.48 Å². The lowest BCUT2D eigenvalue weighted by molar-refractivity contribution is -0.131. The van der Waals surface area contributed by atoms with E-state index >= 15 is 0 Å². The summed E-state index contributed by atoms with van der Waals surface area (Å²) in [5.74, 6) is -1.29. The average molecular weight is 486 g/mol. The predicted octanol–water partition coefficient (Wildman–Crippen LogP) is 4.19. The summed E-state index contributed by atoms with van der Waals surface area (Å²) in [5.41, 5.74) is 1.43. The molecule has 0 saturated heterocycles. The highest BCUT2D eigenvalue weighted by Gasteiger charge is 2.52. The van der Waals surface area contributed by atoms with Gasteiger partial charge in [0.1, 0.15) is 6.26 Å². The van der Waals surface area contributed by atoms with Crippen molar-refractivity contribution in [3.8, 4) is 19.5 Å². The summed E-state index contributed by atoms with van der Waals surface area (Å²) >= 11 is 4.69. The zero-order valence-corrected chi connectivity index (χ0v) is 19.5. The Bertz CT molecular complexity index is 1080. The molecule has 0 aliphatic heterocycles. The molecular formula is C19H21N2O5S4+. The Morgan fingerprint density at radius 2 is 1.70 bits per heavy atom. The number of hydroxylamine groups is 1. The van der Waals surface area contributed by atoms with E-state index in [9.17, 15) is 18.4 Å². The summed E-state index contributed by atoms with van der Waals surface area (Å²) in [5, 5.41) is 13.6. The van der Waals surface area contributed by atoms with Crippen LogP contribution in [-0.4, -0.2) is 39.1 Å². The second-order valence-corrected chi connectivity index (χ2v) is 12.4. The minimum absolute atomic E-state index is 0.00288. The SMILES string of the molecule is CC(CCNC(=O)c1ccc(-c2ccc(-c3cccs3)s2)s1)(C(=O)NO)[S+](C)(=O)O. The Labute approximate surface area is 187 Å². The largest absolute Gasteiger partial charge is 0.351 e. The Hall–Kier alpha value is -1.89. The molecule has 0 saturated carbocycles. The van der Waals surface area contributed by atoms with Gasteiger partial charge in [0.15, 0.2) is 0 Å². The molecule has 0 spiro atoms. The fourth-order valence-electron chi connectivity index (χ4n) is 2.71. The van der Waals surface area contributed by atoms with E-state index in [1.807, 2.05) is 23.6 Å². The quantitative estimate of drug-likeness (QED) is 0.217. The Morgan fingerprint density at radius 3 is 2.30 bits per heavy atom. The smallest absolute Gasteiger partial charge is 0.302 e. The van der Waals surface area contributed by atoms with Gasteiger partial charge in [0.2, 0.25) is 15.0 Å². The molecule has 3 aromatic heterocycles. The van der Waals surface area contributed by atoms with Gasteiger partial charge in [0.05, 0.1) is 4.88 Å². The summed E-state index contributed by atoms with van der Waals surface area (Å²) in [6.45, 7) is 1.28. The summed E-state index contributed by atoms with van der Waals surface area (Å²) < 4.78 is 20.2. The van der Waals surface area contributed by atoms with Gasteiger partial charge >= 0.3 is 5.91 Å². The summed E-state index contributed by atoms with van der Waals surface area (Å²) in [4.78, 5) is 29.3. The highest BCUT2D eigenvalue weighted by atomic mass is 32.3. The number of carbonyl (C=O) groups is 2. The van der Waals surface area contributed by atoms with Crippen molar-refractivity contribution >= 4 is 56.0 Å². The Morgan fingerprint density at radius 1 is 1.07 bits per heavy atom. The van der Waals surface area contributed by atoms with E-state index in [2.05, 4.69) is 17.4 Å². The molecule has 160 valence electrons. The summed E-state index contributed by atoms with van der Waals surface area (Å²) in [6.07, 6.45) is 0.922. The molecule has 11 heteroatoms. The predicted molar refractivity (Wildman–Crippen MR) is 123 cm³/mol. The average Bonchev–Trinajstić information content (AvgIpc) is 3.46. The van der Waals surface area contributed by atoms with Crippen molar-refractivity contribution in [2.75, 3.05) is 12.8 Å². The van der Waals surface area contributed by atoms with Gasteiger partial charge < -0.3 is 5.32 Å². The Balaban J connectivity index is 1.64. The first-order valence-electron chi connectivity index (χ1n) is 8.83. The molecule has 0 aliphatic rings. The van der Waals surface area contributed by atoms with Crippen molar-refractivity contribution < 1.29 is 23.6 Å². The fourth-order valence-corrected chi connectivity index (χ4v) is 6.43. The lowest BCUT2D eigenvalue weighted by atomic mass is 10.1. The number of nitrogens with one attached hydrogen (secondary N) is 2. The van der Waals surface area contributed by atoms with E-state index in [0.717, 1.165) is 16.0 Å². The summed E-state index contributed by atoms with van der Waals surface area (Å²) in [7, 11) is -3.56. The van der Waals surface area contributed by atoms with Crippen LogP contribution in [0.1, 0.15) is 23.0 Å². The summed E-state index contributed by atoms with van der Waals surface area (Å²) in [6, 6.07) is 11.8. The molecule has 2 amide bonds. The second-order valence-electron chi connectivity index (χ2n) is 6.79. The number of carbonyl (C=O) groups excluding carboxylic acids is 2. The van der Waals surface area contributed by atoms with Crippen molar-refractivity contribution in [1.29, 1.82) is 0 Å². The molecule has 7 nitrogen and oxygen atoms in total. The molecule has 0 bridgehead atoms. The fraction of sp³-hybridized carbons (Fsp3) is 0.263. The molecule has 30 heavy (non-hydrogen) atoms. The van der Waals surface area contributed by atoms with Gasteiger partial charge in [0, 0.05) is 32.5 Å². The number of thiophene rings is 3. The molecule has 3 rings (SSSR count). The molecule has 0 aromatic carbocycles. The van der Waals surface area contributed by atoms with Crippen LogP contribution in [0.4, 0.5) is 0 Å². The first-order valence-corrected chi connectivity index (χ1v) is 13.3. The van der Waals surface area contributed by atoms with Gasteiger partial charge in [-0.15, -0.1) is 34.0 Å². The van der Waals surface area contributed by atoms with Crippen LogP contribution in [-0.2, 0) is 19.2 Å². The van der Waals surface area contributed by atoms with Crippen LogP contribution >= 0.6 is 34.0 Å². The van der Waals surface area contributed by atoms with Gasteiger partial charge in [-0.1, -0.05) is 10.3 Å². The monoisotopic (exact) mass is 485 g/mol. The van der Waals surface area contributed by atoms with Crippen molar-refractivity contribution in [1.82, 2.24) is 10.8 Å². The molecule has 0 aliphatic carbocycles. The standard InChI is InChI=1S/C19H20N2O5S4/c1-19(18(23)21-24,30(2,25)26)9-10-20-17(22)16-8-7-15(29-16)14-6-5-13(28-14)12-4-3-11-27-12/h3-8,11H,9-10H2,1-2H3,(H3-,20,21,22,23,24,25,26)/p+1. The normalized spacial score (nSPS) is 15.2. The third kappa shape index (κ3) is 4.71. The molecule has 4 N–H and O–H groups in total. The van der Waals surface area contributed by atoms with E-state index in [4.69, 9.17) is 5.21 Å². The number of rotatable bonds is 8. The van der Waals surface area contributed by atoms with E-state index in [1.54, 1.807) is 28.7 Å². The lowest BCUT2D eigenvalue weighted by Gasteiger charge is -2.23. The van der Waals surface area contributed by atoms with Crippen LogP contribution in [0.25, 0.3) is 19.5 Å². The van der Waals surface area contributed by atoms with Crippen LogP contribution in [0.2, 0.25) is 0 Å². The van der Waals surface area contributed by atoms with Gasteiger partial charge in [-0.05, 0) is 42.6 Å². The van der Waals surface area contributed by atoms with E-state index in [0.29, 0.717) is 4.88 Å². The molecule has 3 heterocycles. The van der Waals surface area contributed by atoms with Crippen molar-refractivity contribution in [2.45, 2.75) is 18.1 Å². The van der Waals surface area contributed by atoms with Crippen LogP contribution in [0.15, 0.2) is 41.8 Å². The lowest BCUT2D eigenvalue weighted by Crippen LogP contribution is -2.53. The minimum atomic E-state index is -3.56. The maximum Gasteiger partial charge on any atom is 0.302 e. The van der Waals surface area contributed by atoms with Gasteiger partial charge in [-0.2, -0.15) is 4.55 Å². The van der Waals surface area contributed by atoms with Gasteiger partial charge in [0.25, 0.3) is 5.91 Å². The Kier molecular flexibility index (Phi) is 6.90. The van der Waals surface area contributed by atoms with Crippen LogP contribution in [0, 0.1) is 0 Å². The zero-order valence-electron chi connectivity index (χ0n) is 16.2. The van der Waals surface area contributed by atoms with Crippen molar-refractivity contribution in [3.05, 3.63) is 46.7 Å². The maximum absolute atomic E-state index is 12.5. The maximum atomic E-state index is 12.5. The minimum Gasteiger partial charge on any atom is -0.351 e. The van der Waals surface area contributed by atoms with Crippen molar-refractivity contribution in [3.63, 3.8) is 0 Å². The highest BCUT2D eigenvalue weighted by Crippen LogP contribution is 2.39. The topological polar surface area (TPSA) is 116 Å². The number of hydrogen-bond acceptors (Lipinski definition) is 7. The van der Waals surface area contributed by atoms with Gasteiger partial charge in [-0.3, -0.25) is 14.8 Å². The number of hydrogen-bond donors (Lipinski definition) is 4. The van der Waals surface area contributed by atoms with Crippen LogP contribution in [0.3, 0.4) is 0 Å². The molecule has 2 atom stereocenters. The van der Waals surface area contributed by atoms with Crippen LogP contribution < -0.4 is 10.8 Å². The zero-order chi connectivity index (χ0) is 21.9. The highest BCUT2D eigenvalue weighted by molar-refractivity contribution is 7.99. The third-order valence-corrected chi connectivity index (χ3v) is 10.2.